The Bertz CT molecular complexity index is 1170. The third kappa shape index (κ3) is 4.12. The Balaban J connectivity index is 1.42. The highest BCUT2D eigenvalue weighted by molar-refractivity contribution is 7.09. The number of fused-ring (bicyclic) bond motifs is 1. The van der Waals surface area contributed by atoms with Gasteiger partial charge in [0.2, 0.25) is 5.91 Å². The molecule has 0 saturated carbocycles. The van der Waals surface area contributed by atoms with Crippen LogP contribution < -0.4 is 5.32 Å². The molecule has 1 N–H and O–H groups in total. The molecule has 0 bridgehead atoms. The van der Waals surface area contributed by atoms with E-state index in [0.29, 0.717) is 18.2 Å². The first-order valence-corrected chi connectivity index (χ1v) is 10.6. The number of hydrogen-bond donors (Lipinski definition) is 1. The molecular weight excluding hydrogens is 384 g/mol. The predicted molar refractivity (Wildman–Crippen MR) is 115 cm³/mol. The molecule has 0 saturated heterocycles. The number of carbonyl (C=O) groups is 1. The number of rotatable bonds is 6. The minimum atomic E-state index is -0.0678. The van der Waals surface area contributed by atoms with Gasteiger partial charge >= 0.3 is 0 Å². The molecule has 0 unspecified atom stereocenters. The summed E-state index contributed by atoms with van der Waals surface area (Å²) in [6, 6.07) is 7.96. The maximum Gasteiger partial charge on any atom is 0.224 e. The van der Waals surface area contributed by atoms with Crippen LogP contribution >= 0.6 is 11.3 Å². The molecule has 0 fully saturated rings. The largest absolute Gasteiger partial charge is 0.464 e. The zero-order valence-electron chi connectivity index (χ0n) is 17.0. The van der Waals surface area contributed by atoms with Crippen LogP contribution in [-0.2, 0) is 17.8 Å². The second-order valence-electron chi connectivity index (χ2n) is 7.59. The topological polar surface area (TPSA) is 68.3 Å². The summed E-state index contributed by atoms with van der Waals surface area (Å²) in [4.78, 5) is 16.9. The molecule has 6 heteroatoms. The van der Waals surface area contributed by atoms with E-state index in [2.05, 4.69) is 43.2 Å². The smallest absolute Gasteiger partial charge is 0.224 e. The normalized spacial score (nSPS) is 11.5. The molecule has 150 valence electrons. The highest BCUT2D eigenvalue weighted by atomic mass is 32.1. The van der Waals surface area contributed by atoms with Crippen LogP contribution in [0.2, 0.25) is 0 Å². The van der Waals surface area contributed by atoms with Gasteiger partial charge in [0.05, 0.1) is 24.2 Å². The Morgan fingerprint density at radius 3 is 2.79 bits per heavy atom. The number of aromatic nitrogens is 1. The molecule has 4 aromatic rings. The van der Waals surface area contributed by atoms with Crippen LogP contribution in [0.3, 0.4) is 0 Å². The van der Waals surface area contributed by atoms with E-state index in [0.717, 1.165) is 33.0 Å². The summed E-state index contributed by atoms with van der Waals surface area (Å²) in [6.07, 6.45) is 1.95. The summed E-state index contributed by atoms with van der Waals surface area (Å²) in [5.74, 6) is 1.78. The molecule has 0 spiro atoms. The predicted octanol–water partition coefficient (Wildman–Crippen LogP) is 5.75. The maximum absolute atomic E-state index is 12.5. The zero-order valence-corrected chi connectivity index (χ0v) is 17.9. The van der Waals surface area contributed by atoms with Crippen LogP contribution in [0.25, 0.3) is 22.4 Å². The SMILES string of the molecule is Cc1nc(-c2ccc(CNC(=O)Cc3coc4cc(C)c(C(C)C)cc34)o2)cs1. The Hall–Kier alpha value is -2.86. The molecule has 0 radical (unpaired) electrons. The summed E-state index contributed by atoms with van der Waals surface area (Å²) >= 11 is 1.58. The van der Waals surface area contributed by atoms with Gasteiger partial charge in [0.15, 0.2) is 5.76 Å². The summed E-state index contributed by atoms with van der Waals surface area (Å²) in [7, 11) is 0. The Morgan fingerprint density at radius 2 is 2.07 bits per heavy atom. The van der Waals surface area contributed by atoms with Crippen molar-refractivity contribution in [2.24, 2.45) is 0 Å². The van der Waals surface area contributed by atoms with Crippen LogP contribution in [0.1, 0.15) is 47.2 Å². The first-order valence-electron chi connectivity index (χ1n) is 9.69. The van der Waals surface area contributed by atoms with Crippen molar-refractivity contribution < 1.29 is 13.6 Å². The summed E-state index contributed by atoms with van der Waals surface area (Å²) in [5.41, 5.74) is 5.04. The van der Waals surface area contributed by atoms with Gasteiger partial charge in [-0.15, -0.1) is 11.3 Å². The van der Waals surface area contributed by atoms with Gasteiger partial charge in [0.25, 0.3) is 0 Å². The van der Waals surface area contributed by atoms with Gasteiger partial charge in [-0.3, -0.25) is 4.79 Å². The number of hydrogen-bond acceptors (Lipinski definition) is 5. The first kappa shape index (κ1) is 19.5. The van der Waals surface area contributed by atoms with E-state index in [4.69, 9.17) is 8.83 Å². The van der Waals surface area contributed by atoms with Crippen LogP contribution in [0, 0.1) is 13.8 Å². The third-order valence-corrected chi connectivity index (χ3v) is 5.78. The molecule has 0 aliphatic rings. The lowest BCUT2D eigenvalue weighted by atomic mass is 9.95. The van der Waals surface area contributed by atoms with E-state index in [9.17, 15) is 4.79 Å². The summed E-state index contributed by atoms with van der Waals surface area (Å²) < 4.78 is 11.5. The van der Waals surface area contributed by atoms with E-state index < -0.39 is 0 Å². The van der Waals surface area contributed by atoms with Crippen molar-refractivity contribution in [2.45, 2.75) is 46.6 Å². The molecule has 29 heavy (non-hydrogen) atoms. The Labute approximate surface area is 173 Å². The molecule has 0 aliphatic carbocycles. The maximum atomic E-state index is 12.5. The van der Waals surface area contributed by atoms with E-state index >= 15 is 0 Å². The molecule has 0 atom stereocenters. The van der Waals surface area contributed by atoms with Crippen LogP contribution in [-0.4, -0.2) is 10.9 Å². The van der Waals surface area contributed by atoms with Crippen molar-refractivity contribution in [3.8, 4) is 11.5 Å². The minimum absolute atomic E-state index is 0.0678. The molecule has 1 amide bonds. The van der Waals surface area contributed by atoms with E-state index in [1.807, 2.05) is 24.4 Å². The van der Waals surface area contributed by atoms with Gasteiger partial charge in [-0.2, -0.15) is 0 Å². The van der Waals surface area contributed by atoms with E-state index in [-0.39, 0.29) is 12.3 Å². The second kappa shape index (κ2) is 7.87. The quantitative estimate of drug-likeness (QED) is 0.441. The Morgan fingerprint density at radius 1 is 1.24 bits per heavy atom. The van der Waals surface area contributed by atoms with E-state index in [1.165, 1.54) is 11.1 Å². The fourth-order valence-electron chi connectivity index (χ4n) is 3.51. The lowest BCUT2D eigenvalue weighted by Gasteiger charge is -2.10. The number of aryl methyl sites for hydroxylation is 2. The average molecular weight is 409 g/mol. The minimum Gasteiger partial charge on any atom is -0.464 e. The number of nitrogens with zero attached hydrogens (tertiary/aromatic N) is 1. The molecule has 3 aromatic heterocycles. The van der Waals surface area contributed by atoms with Gasteiger partial charge in [-0.05, 0) is 55.2 Å². The molecule has 4 rings (SSSR count). The fourth-order valence-corrected chi connectivity index (χ4v) is 4.11. The zero-order chi connectivity index (χ0) is 20.5. The van der Waals surface area contributed by atoms with Crippen molar-refractivity contribution in [3.63, 3.8) is 0 Å². The van der Waals surface area contributed by atoms with Gasteiger partial charge in [0, 0.05) is 16.3 Å². The van der Waals surface area contributed by atoms with Crippen molar-refractivity contribution in [1.82, 2.24) is 10.3 Å². The number of carbonyl (C=O) groups excluding carboxylic acids is 1. The lowest BCUT2D eigenvalue weighted by Crippen LogP contribution is -2.24. The van der Waals surface area contributed by atoms with Crippen molar-refractivity contribution in [2.75, 3.05) is 0 Å². The third-order valence-electron chi connectivity index (χ3n) is 5.01. The number of amides is 1. The molecule has 1 aromatic carbocycles. The molecule has 0 aliphatic heterocycles. The van der Waals surface area contributed by atoms with Crippen molar-refractivity contribution in [3.05, 3.63) is 63.4 Å². The van der Waals surface area contributed by atoms with Gasteiger partial charge in [0.1, 0.15) is 17.0 Å². The van der Waals surface area contributed by atoms with Gasteiger partial charge < -0.3 is 14.2 Å². The number of thiazole rings is 1. The van der Waals surface area contributed by atoms with Crippen LogP contribution in [0.15, 0.2) is 44.7 Å². The lowest BCUT2D eigenvalue weighted by molar-refractivity contribution is -0.120. The van der Waals surface area contributed by atoms with Gasteiger partial charge in [-0.1, -0.05) is 13.8 Å². The fraction of sp³-hybridized carbons (Fsp3) is 0.304. The van der Waals surface area contributed by atoms with Crippen molar-refractivity contribution >= 4 is 28.2 Å². The highest BCUT2D eigenvalue weighted by Crippen LogP contribution is 2.29. The Kier molecular flexibility index (Phi) is 5.28. The van der Waals surface area contributed by atoms with Gasteiger partial charge in [-0.25, -0.2) is 4.98 Å². The highest BCUT2D eigenvalue weighted by Gasteiger charge is 2.15. The van der Waals surface area contributed by atoms with Crippen LogP contribution in [0.5, 0.6) is 0 Å². The van der Waals surface area contributed by atoms with Crippen LogP contribution in [0.4, 0.5) is 0 Å². The van der Waals surface area contributed by atoms with E-state index in [1.54, 1.807) is 17.6 Å². The molecule has 5 nitrogen and oxygen atoms in total. The average Bonchev–Trinajstić information content (AvgIpc) is 3.39. The number of benzene rings is 1. The van der Waals surface area contributed by atoms with Crippen molar-refractivity contribution in [1.29, 1.82) is 0 Å². The molecular formula is C23H24N2O3S. The second-order valence-corrected chi connectivity index (χ2v) is 8.65. The number of nitrogens with one attached hydrogen (secondary N) is 1. The number of furan rings is 2. The monoisotopic (exact) mass is 408 g/mol. The first-order chi connectivity index (χ1) is 13.9. The molecule has 3 heterocycles. The summed E-state index contributed by atoms with van der Waals surface area (Å²) in [6.45, 7) is 8.74. The standard InChI is InChI=1S/C23H24N2O3S/c1-13(2)18-9-19-16(11-27-22(19)7-14(18)3)8-23(26)24-10-17-5-6-21(28-17)20-12-29-15(4)25-20/h5-7,9,11-13H,8,10H2,1-4H3,(H,24,26). The summed E-state index contributed by atoms with van der Waals surface area (Å²) in [5, 5.41) is 6.90.